The number of ether oxygens (including phenoxy) is 1. The van der Waals surface area contributed by atoms with E-state index in [1.165, 1.54) is 24.1 Å². The average molecular weight is 683 g/mol. The molecule has 0 aliphatic rings. The van der Waals surface area contributed by atoms with Crippen molar-refractivity contribution in [2.24, 2.45) is 0 Å². The third kappa shape index (κ3) is 8.81. The lowest BCUT2D eigenvalue weighted by atomic mass is 10.0. The molecule has 4 aromatic rings. The number of rotatable bonds is 14. The molecular weight excluding hydrogens is 645 g/mol. The van der Waals surface area contributed by atoms with Crippen LogP contribution in [0.1, 0.15) is 31.4 Å². The smallest absolute Gasteiger partial charge is 0.264 e. The Bertz CT molecular complexity index is 1720. The van der Waals surface area contributed by atoms with Gasteiger partial charge in [-0.2, -0.15) is 0 Å². The predicted molar refractivity (Wildman–Crippen MR) is 183 cm³/mol. The number of sulfonamides is 1. The number of hydrogen-bond acceptors (Lipinski definition) is 5. The number of nitrogens with one attached hydrogen (secondary N) is 1. The van der Waals surface area contributed by atoms with Gasteiger partial charge in [0.05, 0.1) is 17.7 Å². The van der Waals surface area contributed by atoms with Crippen molar-refractivity contribution in [1.29, 1.82) is 0 Å². The van der Waals surface area contributed by atoms with Crippen LogP contribution in [-0.4, -0.2) is 50.9 Å². The molecule has 0 radical (unpaired) electrons. The number of hydrogen-bond donors (Lipinski definition) is 1. The van der Waals surface area contributed by atoms with E-state index < -0.39 is 28.5 Å². The van der Waals surface area contributed by atoms with Crippen molar-refractivity contribution in [1.82, 2.24) is 10.2 Å². The summed E-state index contributed by atoms with van der Waals surface area (Å²) in [6.45, 7) is 3.19. The fourth-order valence-electron chi connectivity index (χ4n) is 4.83. The van der Waals surface area contributed by atoms with E-state index in [9.17, 15) is 18.0 Å². The SMILES string of the molecule is CC[C@@H](C)NC(=O)[C@@H](Cc1ccccc1)N(Cc1ccc(Cl)cc1Cl)C(=O)CN(c1ccc(OC)cc1)S(=O)(=O)c1ccccc1. The second-order valence-electron chi connectivity index (χ2n) is 10.8. The van der Waals surface area contributed by atoms with Crippen molar-refractivity contribution >= 4 is 50.7 Å². The minimum Gasteiger partial charge on any atom is -0.497 e. The maximum Gasteiger partial charge on any atom is 0.264 e. The van der Waals surface area contributed by atoms with Gasteiger partial charge in [0, 0.05) is 29.1 Å². The van der Waals surface area contributed by atoms with Crippen LogP contribution in [0.2, 0.25) is 10.0 Å². The first-order chi connectivity index (χ1) is 22.0. The Labute approximate surface area is 280 Å². The molecule has 0 heterocycles. The normalized spacial score (nSPS) is 12.5. The van der Waals surface area contributed by atoms with E-state index in [0.29, 0.717) is 27.8 Å². The maximum absolute atomic E-state index is 14.5. The molecule has 46 heavy (non-hydrogen) atoms. The Morgan fingerprint density at radius 2 is 1.52 bits per heavy atom. The molecule has 0 aliphatic heterocycles. The van der Waals surface area contributed by atoms with Crippen LogP contribution in [-0.2, 0) is 32.6 Å². The monoisotopic (exact) mass is 681 g/mol. The molecule has 2 amide bonds. The van der Waals surface area contributed by atoms with Crippen LogP contribution >= 0.6 is 23.2 Å². The molecule has 0 spiro atoms. The summed E-state index contributed by atoms with van der Waals surface area (Å²) in [5, 5.41) is 3.75. The molecular formula is C35H37Cl2N3O5S. The van der Waals surface area contributed by atoms with Crippen molar-refractivity contribution < 1.29 is 22.7 Å². The molecule has 0 saturated carbocycles. The molecule has 0 aromatic heterocycles. The van der Waals surface area contributed by atoms with Crippen LogP contribution < -0.4 is 14.4 Å². The molecule has 0 saturated heterocycles. The molecule has 2 atom stereocenters. The molecule has 11 heteroatoms. The van der Waals surface area contributed by atoms with Gasteiger partial charge in [-0.1, -0.05) is 84.7 Å². The lowest BCUT2D eigenvalue weighted by Crippen LogP contribution is -2.54. The van der Waals surface area contributed by atoms with Crippen LogP contribution in [0.3, 0.4) is 0 Å². The molecule has 242 valence electrons. The highest BCUT2D eigenvalue weighted by molar-refractivity contribution is 7.92. The fraction of sp³-hybridized carbons (Fsp3) is 0.257. The predicted octanol–water partition coefficient (Wildman–Crippen LogP) is 6.75. The number of halogens is 2. The summed E-state index contributed by atoms with van der Waals surface area (Å²) < 4.78 is 34.5. The summed E-state index contributed by atoms with van der Waals surface area (Å²) in [6.07, 6.45) is 0.870. The van der Waals surface area contributed by atoms with Gasteiger partial charge in [0.15, 0.2) is 0 Å². The lowest BCUT2D eigenvalue weighted by molar-refractivity contribution is -0.140. The van der Waals surface area contributed by atoms with Crippen LogP contribution in [0.5, 0.6) is 5.75 Å². The molecule has 4 rings (SSSR count). The molecule has 8 nitrogen and oxygen atoms in total. The van der Waals surface area contributed by atoms with Crippen molar-refractivity contribution in [2.45, 2.75) is 50.2 Å². The Hall–Kier alpha value is -4.05. The quantitative estimate of drug-likeness (QED) is 0.159. The van der Waals surface area contributed by atoms with E-state index >= 15 is 0 Å². The highest BCUT2D eigenvalue weighted by Crippen LogP contribution is 2.28. The summed E-state index contributed by atoms with van der Waals surface area (Å²) >= 11 is 12.7. The Morgan fingerprint density at radius 1 is 0.891 bits per heavy atom. The van der Waals surface area contributed by atoms with Crippen molar-refractivity contribution in [3.63, 3.8) is 0 Å². The lowest BCUT2D eigenvalue weighted by Gasteiger charge is -2.34. The summed E-state index contributed by atoms with van der Waals surface area (Å²) in [5.41, 5.74) is 1.64. The largest absolute Gasteiger partial charge is 0.497 e. The van der Waals surface area contributed by atoms with Crippen LogP contribution in [0, 0.1) is 0 Å². The second-order valence-corrected chi connectivity index (χ2v) is 13.5. The topological polar surface area (TPSA) is 96.0 Å². The van der Waals surface area contributed by atoms with Gasteiger partial charge in [-0.25, -0.2) is 8.42 Å². The van der Waals surface area contributed by atoms with Gasteiger partial charge < -0.3 is 15.0 Å². The molecule has 0 aliphatic carbocycles. The number of carbonyl (C=O) groups excluding carboxylic acids is 2. The number of methoxy groups -OCH3 is 1. The van der Waals surface area contributed by atoms with Gasteiger partial charge in [-0.15, -0.1) is 0 Å². The van der Waals surface area contributed by atoms with Gasteiger partial charge in [0.1, 0.15) is 18.3 Å². The van der Waals surface area contributed by atoms with Crippen molar-refractivity contribution in [3.05, 3.63) is 124 Å². The summed E-state index contributed by atoms with van der Waals surface area (Å²) in [5.74, 6) is -0.434. The number of benzene rings is 4. The van der Waals surface area contributed by atoms with Crippen molar-refractivity contribution in [2.75, 3.05) is 18.0 Å². The van der Waals surface area contributed by atoms with E-state index in [1.807, 2.05) is 44.2 Å². The standard InChI is InChI=1S/C35H37Cl2N3O5S/c1-4-25(2)38-35(42)33(21-26-11-7-5-8-12-26)39(23-27-15-16-28(36)22-32(27)37)34(41)24-40(29-17-19-30(45-3)20-18-29)46(43,44)31-13-9-6-10-14-31/h5-20,22,25,33H,4,21,23-24H2,1-3H3,(H,38,42)/t25-,33-/m1/s1. The second kappa shape index (κ2) is 16.0. The van der Waals surface area contributed by atoms with Gasteiger partial charge in [0.25, 0.3) is 10.0 Å². The molecule has 0 fully saturated rings. The molecule has 0 bridgehead atoms. The van der Waals surface area contributed by atoms with E-state index in [0.717, 1.165) is 9.87 Å². The van der Waals surface area contributed by atoms with Crippen LogP contribution in [0.25, 0.3) is 0 Å². The third-order valence-electron chi connectivity index (χ3n) is 7.60. The minimum atomic E-state index is -4.22. The highest BCUT2D eigenvalue weighted by Gasteiger charge is 2.35. The average Bonchev–Trinajstić information content (AvgIpc) is 3.06. The number of amides is 2. The number of carbonyl (C=O) groups is 2. The van der Waals surface area contributed by atoms with Crippen molar-refractivity contribution in [3.8, 4) is 5.75 Å². The number of nitrogens with zero attached hydrogens (tertiary/aromatic N) is 2. The van der Waals surface area contributed by atoms with E-state index in [2.05, 4.69) is 5.32 Å². The maximum atomic E-state index is 14.5. The van der Waals surface area contributed by atoms with Crippen LogP contribution in [0.4, 0.5) is 5.69 Å². The Balaban J connectivity index is 1.82. The third-order valence-corrected chi connectivity index (χ3v) is 9.97. The zero-order valence-electron chi connectivity index (χ0n) is 25.9. The van der Waals surface area contributed by atoms with E-state index in [-0.39, 0.29) is 35.5 Å². The minimum absolute atomic E-state index is 0.0151. The first-order valence-corrected chi connectivity index (χ1v) is 17.0. The summed E-state index contributed by atoms with van der Waals surface area (Å²) in [6, 6.07) is 27.4. The molecule has 1 N–H and O–H groups in total. The molecule has 0 unspecified atom stereocenters. The zero-order valence-corrected chi connectivity index (χ0v) is 28.2. The molecule has 4 aromatic carbocycles. The zero-order chi connectivity index (χ0) is 33.3. The van der Waals surface area contributed by atoms with Gasteiger partial charge in [-0.05, 0) is 73.0 Å². The van der Waals surface area contributed by atoms with Gasteiger partial charge in [-0.3, -0.25) is 13.9 Å². The first kappa shape index (κ1) is 34.8. The first-order valence-electron chi connectivity index (χ1n) is 14.8. The van der Waals surface area contributed by atoms with Gasteiger partial charge >= 0.3 is 0 Å². The van der Waals surface area contributed by atoms with E-state index in [4.69, 9.17) is 27.9 Å². The Morgan fingerprint density at radius 3 is 2.11 bits per heavy atom. The summed E-state index contributed by atoms with van der Waals surface area (Å²) in [4.78, 5) is 29.9. The van der Waals surface area contributed by atoms with Gasteiger partial charge in [0.2, 0.25) is 11.8 Å². The Kier molecular flexibility index (Phi) is 12.1. The number of anilines is 1. The van der Waals surface area contributed by atoms with E-state index in [1.54, 1.807) is 60.7 Å². The fourth-order valence-corrected chi connectivity index (χ4v) is 6.73. The van der Waals surface area contributed by atoms with Crippen LogP contribution in [0.15, 0.2) is 108 Å². The highest BCUT2D eigenvalue weighted by atomic mass is 35.5. The summed E-state index contributed by atoms with van der Waals surface area (Å²) in [7, 11) is -2.71.